The van der Waals surface area contributed by atoms with Crippen molar-refractivity contribution in [1.82, 2.24) is 9.97 Å². The highest BCUT2D eigenvalue weighted by Crippen LogP contribution is 2.41. The molecule has 0 amide bonds. The van der Waals surface area contributed by atoms with Gasteiger partial charge in [-0.05, 0) is 35.0 Å². The lowest BCUT2D eigenvalue weighted by molar-refractivity contribution is 1.18. The van der Waals surface area contributed by atoms with Crippen molar-refractivity contribution in [3.05, 3.63) is 71.8 Å². The first-order valence-electron chi connectivity index (χ1n) is 7.81. The number of rotatable bonds is 3. The van der Waals surface area contributed by atoms with Gasteiger partial charge < -0.3 is 0 Å². The van der Waals surface area contributed by atoms with E-state index < -0.39 is 0 Å². The zero-order valence-corrected chi connectivity index (χ0v) is 15.5. The maximum absolute atomic E-state index is 4.61. The third kappa shape index (κ3) is 2.61. The summed E-state index contributed by atoms with van der Waals surface area (Å²) in [6, 6.07) is 17.1. The fourth-order valence-electron chi connectivity index (χ4n) is 2.93. The Labute approximate surface area is 157 Å². The molecule has 5 aromatic rings. The quantitative estimate of drug-likeness (QED) is 0.345. The normalized spacial score (nSPS) is 11.2. The zero-order chi connectivity index (χ0) is 16.6. The zero-order valence-electron chi connectivity index (χ0n) is 13.0. The van der Waals surface area contributed by atoms with Crippen LogP contribution in [0.1, 0.15) is 0 Å². The van der Waals surface area contributed by atoms with E-state index in [2.05, 4.69) is 69.3 Å². The van der Waals surface area contributed by atoms with Gasteiger partial charge in [-0.2, -0.15) is 0 Å². The number of benzene rings is 1. The van der Waals surface area contributed by atoms with Crippen LogP contribution in [-0.4, -0.2) is 9.97 Å². The number of fused-ring (bicyclic) bond motifs is 1. The lowest BCUT2D eigenvalue weighted by atomic mass is 10.0. The van der Waals surface area contributed by atoms with E-state index in [4.69, 9.17) is 0 Å². The average molecular weight is 377 g/mol. The number of hydrogen-bond donors (Lipinski definition) is 0. The molecule has 0 aliphatic carbocycles. The van der Waals surface area contributed by atoms with E-state index in [-0.39, 0.29) is 0 Å². The molecule has 5 heteroatoms. The summed E-state index contributed by atoms with van der Waals surface area (Å²) in [5.74, 6) is 0. The van der Waals surface area contributed by atoms with Crippen molar-refractivity contribution in [2.75, 3.05) is 0 Å². The molecule has 0 aliphatic rings. The first-order valence-corrected chi connectivity index (χ1v) is 10.4. The summed E-state index contributed by atoms with van der Waals surface area (Å²) in [6.45, 7) is 0. The summed E-state index contributed by atoms with van der Waals surface area (Å²) in [7, 11) is 0. The van der Waals surface area contributed by atoms with Crippen molar-refractivity contribution in [2.24, 2.45) is 0 Å². The fourth-order valence-corrected chi connectivity index (χ4v) is 5.74. The van der Waals surface area contributed by atoms with Crippen molar-refractivity contribution < 1.29 is 0 Å². The lowest BCUT2D eigenvalue weighted by Gasteiger charge is -2.05. The third-order valence-electron chi connectivity index (χ3n) is 4.09. The number of thiophene rings is 3. The van der Waals surface area contributed by atoms with Gasteiger partial charge in [-0.15, -0.1) is 34.0 Å². The van der Waals surface area contributed by atoms with Crippen molar-refractivity contribution in [2.45, 2.75) is 0 Å². The highest BCUT2D eigenvalue weighted by molar-refractivity contribution is 7.23. The van der Waals surface area contributed by atoms with Gasteiger partial charge in [-0.1, -0.05) is 24.3 Å². The molecule has 0 saturated carbocycles. The van der Waals surface area contributed by atoms with Crippen molar-refractivity contribution >= 4 is 44.1 Å². The number of aromatic nitrogens is 2. The molecule has 0 radical (unpaired) electrons. The molecule has 4 aromatic heterocycles. The van der Waals surface area contributed by atoms with Crippen LogP contribution in [-0.2, 0) is 0 Å². The fraction of sp³-hybridized carbons (Fsp3) is 0. The molecule has 0 atom stereocenters. The van der Waals surface area contributed by atoms with Gasteiger partial charge in [-0.25, -0.2) is 9.97 Å². The molecule has 5 rings (SSSR count). The molecular formula is C20H12N2S3. The lowest BCUT2D eigenvalue weighted by Crippen LogP contribution is -1.88. The molecule has 0 N–H and O–H groups in total. The highest BCUT2D eigenvalue weighted by atomic mass is 32.1. The predicted octanol–water partition coefficient (Wildman–Crippen LogP) is 6.82. The van der Waals surface area contributed by atoms with E-state index in [0.717, 1.165) is 11.3 Å². The first kappa shape index (κ1) is 15.0. The Bertz CT molecular complexity index is 1150. The molecule has 0 aliphatic heterocycles. The second-order valence-electron chi connectivity index (χ2n) is 5.57. The van der Waals surface area contributed by atoms with Crippen molar-refractivity contribution in [1.29, 1.82) is 0 Å². The molecule has 0 fully saturated rings. The Hall–Kier alpha value is -2.34. The Morgan fingerprint density at radius 1 is 0.760 bits per heavy atom. The minimum absolute atomic E-state index is 1.01. The largest absolute Gasteiger partial charge is 0.244 e. The molecule has 1 aromatic carbocycles. The first-order chi connectivity index (χ1) is 12.4. The second kappa shape index (κ2) is 6.19. The van der Waals surface area contributed by atoms with Gasteiger partial charge in [-0.3, -0.25) is 0 Å². The number of nitrogens with zero attached hydrogens (tertiary/aromatic N) is 2. The summed E-state index contributed by atoms with van der Waals surface area (Å²) in [4.78, 5) is 12.7. The van der Waals surface area contributed by atoms with E-state index in [1.165, 1.54) is 30.3 Å². The van der Waals surface area contributed by atoms with Gasteiger partial charge in [0.2, 0.25) is 0 Å². The Morgan fingerprint density at radius 2 is 1.68 bits per heavy atom. The van der Waals surface area contributed by atoms with E-state index in [1.54, 1.807) is 40.3 Å². The van der Waals surface area contributed by atoms with Gasteiger partial charge in [0.1, 0.15) is 6.33 Å². The van der Waals surface area contributed by atoms with Gasteiger partial charge >= 0.3 is 0 Å². The smallest absolute Gasteiger partial charge is 0.116 e. The SMILES string of the molecule is c1csc(-c2ccc(-c3ncncc3-c3csc4ccccc34)s2)c1. The van der Waals surface area contributed by atoms with Crippen LogP contribution in [0.2, 0.25) is 0 Å². The Kier molecular flexibility index (Phi) is 3.70. The summed E-state index contributed by atoms with van der Waals surface area (Å²) in [5, 5.41) is 5.58. The summed E-state index contributed by atoms with van der Waals surface area (Å²) < 4.78 is 1.29. The maximum Gasteiger partial charge on any atom is 0.116 e. The summed E-state index contributed by atoms with van der Waals surface area (Å²) in [6.07, 6.45) is 3.57. The van der Waals surface area contributed by atoms with Crippen molar-refractivity contribution in [3.63, 3.8) is 0 Å². The van der Waals surface area contributed by atoms with Crippen LogP contribution in [0.25, 0.3) is 41.5 Å². The molecule has 2 nitrogen and oxygen atoms in total. The van der Waals surface area contributed by atoms with Crippen LogP contribution < -0.4 is 0 Å². The standard InChI is InChI=1S/C20H12N2S3/c1-2-5-16-13(4-1)15(11-24-16)14-10-21-12-22-20(14)19-8-7-18(25-19)17-6-3-9-23-17/h1-12H. The minimum atomic E-state index is 1.01. The Morgan fingerprint density at radius 3 is 2.60 bits per heavy atom. The van der Waals surface area contributed by atoms with E-state index in [0.29, 0.717) is 0 Å². The van der Waals surface area contributed by atoms with Crippen LogP contribution in [0.15, 0.2) is 71.8 Å². The molecule has 25 heavy (non-hydrogen) atoms. The molecular weight excluding hydrogens is 364 g/mol. The summed E-state index contributed by atoms with van der Waals surface area (Å²) in [5.41, 5.74) is 3.31. The molecule has 0 saturated heterocycles. The molecule has 4 heterocycles. The van der Waals surface area contributed by atoms with E-state index in [9.17, 15) is 0 Å². The maximum atomic E-state index is 4.61. The van der Waals surface area contributed by atoms with Crippen LogP contribution in [0.5, 0.6) is 0 Å². The second-order valence-corrected chi connectivity index (χ2v) is 8.51. The highest BCUT2D eigenvalue weighted by Gasteiger charge is 2.15. The molecule has 0 bridgehead atoms. The van der Waals surface area contributed by atoms with Gasteiger partial charge in [0.15, 0.2) is 0 Å². The van der Waals surface area contributed by atoms with Gasteiger partial charge in [0.25, 0.3) is 0 Å². The van der Waals surface area contributed by atoms with Crippen LogP contribution in [0, 0.1) is 0 Å². The van der Waals surface area contributed by atoms with E-state index in [1.807, 2.05) is 6.20 Å². The van der Waals surface area contributed by atoms with Crippen LogP contribution in [0.4, 0.5) is 0 Å². The molecule has 0 spiro atoms. The average Bonchev–Trinajstić information content (AvgIpc) is 3.40. The monoisotopic (exact) mass is 376 g/mol. The third-order valence-corrected chi connectivity index (χ3v) is 7.21. The topological polar surface area (TPSA) is 25.8 Å². The number of hydrogen-bond acceptors (Lipinski definition) is 5. The predicted molar refractivity (Wildman–Crippen MR) is 109 cm³/mol. The summed E-state index contributed by atoms with van der Waals surface area (Å²) >= 11 is 5.32. The van der Waals surface area contributed by atoms with E-state index >= 15 is 0 Å². The van der Waals surface area contributed by atoms with Crippen LogP contribution >= 0.6 is 34.0 Å². The van der Waals surface area contributed by atoms with Crippen molar-refractivity contribution in [3.8, 4) is 31.5 Å². The molecule has 0 unspecified atom stereocenters. The van der Waals surface area contributed by atoms with Gasteiger partial charge in [0, 0.05) is 37.2 Å². The minimum Gasteiger partial charge on any atom is -0.244 e. The Balaban J connectivity index is 1.67. The van der Waals surface area contributed by atoms with Gasteiger partial charge in [0.05, 0.1) is 10.6 Å². The molecule has 120 valence electrons. The van der Waals surface area contributed by atoms with Crippen LogP contribution in [0.3, 0.4) is 0 Å².